The molecule has 1 aromatic rings. The van der Waals surface area contributed by atoms with Crippen molar-refractivity contribution >= 4 is 11.9 Å². The lowest BCUT2D eigenvalue weighted by Crippen LogP contribution is -2.42. The molecule has 7 nitrogen and oxygen atoms in total. The van der Waals surface area contributed by atoms with Gasteiger partial charge in [-0.3, -0.25) is 9.69 Å². The number of hydrogen-bond donors (Lipinski definition) is 2. The zero-order valence-corrected chi connectivity index (χ0v) is 13.1. The smallest absolute Gasteiger partial charge is 0.325 e. The van der Waals surface area contributed by atoms with Crippen molar-refractivity contribution in [3.05, 3.63) is 29.8 Å². The number of amides is 3. The lowest BCUT2D eigenvalue weighted by molar-refractivity contribution is -0.131. The maximum atomic E-state index is 12.0. The van der Waals surface area contributed by atoms with Crippen LogP contribution in [0.5, 0.6) is 5.75 Å². The Kier molecular flexibility index (Phi) is 4.86. The van der Waals surface area contributed by atoms with Crippen LogP contribution in [0.15, 0.2) is 24.3 Å². The van der Waals surface area contributed by atoms with Gasteiger partial charge in [-0.25, -0.2) is 4.79 Å². The molecule has 3 amide bonds. The molecule has 23 heavy (non-hydrogen) atoms. The van der Waals surface area contributed by atoms with Gasteiger partial charge in [-0.1, -0.05) is 12.1 Å². The molecule has 0 radical (unpaired) electrons. The minimum Gasteiger partial charge on any atom is -0.491 e. The molecule has 0 aliphatic carbocycles. The molecule has 2 N–H and O–H groups in total. The van der Waals surface area contributed by atoms with E-state index in [1.54, 1.807) is 38.1 Å². The van der Waals surface area contributed by atoms with Gasteiger partial charge in [-0.15, -0.1) is 0 Å². The summed E-state index contributed by atoms with van der Waals surface area (Å²) in [5.74, 6) is 0.172. The highest BCUT2D eigenvalue weighted by molar-refractivity contribution is 6.06. The molecular weight excluding hydrogens is 298 g/mol. The summed E-state index contributed by atoms with van der Waals surface area (Å²) in [4.78, 5) is 24.7. The van der Waals surface area contributed by atoms with Crippen LogP contribution in [-0.4, -0.2) is 46.7 Å². The second kappa shape index (κ2) is 6.67. The number of benzene rings is 1. The molecule has 1 aliphatic heterocycles. The summed E-state index contributed by atoms with van der Waals surface area (Å²) in [5.41, 5.74) is -0.0733. The van der Waals surface area contributed by atoms with Gasteiger partial charge in [0.2, 0.25) is 0 Å². The van der Waals surface area contributed by atoms with E-state index in [1.165, 1.54) is 0 Å². The van der Waals surface area contributed by atoms with Crippen molar-refractivity contribution in [3.8, 4) is 11.8 Å². The first-order valence-corrected chi connectivity index (χ1v) is 7.24. The van der Waals surface area contributed by atoms with Crippen LogP contribution in [0.4, 0.5) is 4.79 Å². The van der Waals surface area contributed by atoms with E-state index in [0.717, 1.165) is 10.5 Å². The number of β-amino-alcohol motifs (C(OH)–C–C–N with tert-alkyl or cyclic N) is 1. The SMILES string of the molecule is CC1(C)NC(=O)N(C[C@H](O)COc2ccc(CC#N)cc2)C1=O. The van der Waals surface area contributed by atoms with Crippen molar-refractivity contribution in [2.45, 2.75) is 31.9 Å². The number of carbonyl (C=O) groups is 2. The summed E-state index contributed by atoms with van der Waals surface area (Å²) in [7, 11) is 0. The van der Waals surface area contributed by atoms with Gasteiger partial charge >= 0.3 is 6.03 Å². The van der Waals surface area contributed by atoms with Crippen molar-refractivity contribution in [1.82, 2.24) is 10.2 Å². The maximum Gasteiger partial charge on any atom is 0.325 e. The monoisotopic (exact) mass is 317 g/mol. The zero-order chi connectivity index (χ0) is 17.0. The number of imide groups is 1. The first-order chi connectivity index (χ1) is 10.8. The fourth-order valence-electron chi connectivity index (χ4n) is 2.23. The molecule has 0 aromatic heterocycles. The van der Waals surface area contributed by atoms with E-state index in [0.29, 0.717) is 12.2 Å². The quantitative estimate of drug-likeness (QED) is 0.756. The van der Waals surface area contributed by atoms with E-state index >= 15 is 0 Å². The van der Waals surface area contributed by atoms with E-state index < -0.39 is 17.7 Å². The van der Waals surface area contributed by atoms with E-state index in [1.807, 2.05) is 0 Å². The molecule has 1 fully saturated rings. The fraction of sp³-hybridized carbons (Fsp3) is 0.438. The number of urea groups is 1. The van der Waals surface area contributed by atoms with Gasteiger partial charge in [-0.2, -0.15) is 5.26 Å². The van der Waals surface area contributed by atoms with E-state index in [9.17, 15) is 14.7 Å². The van der Waals surface area contributed by atoms with Crippen molar-refractivity contribution in [1.29, 1.82) is 5.26 Å². The highest BCUT2D eigenvalue weighted by atomic mass is 16.5. The van der Waals surface area contributed by atoms with Crippen LogP contribution in [0, 0.1) is 11.3 Å². The summed E-state index contributed by atoms with van der Waals surface area (Å²) in [6, 6.07) is 8.49. The number of rotatable bonds is 6. The Bertz CT molecular complexity index is 634. The van der Waals surface area contributed by atoms with Gasteiger partial charge in [0.1, 0.15) is 24.0 Å². The van der Waals surface area contributed by atoms with Crippen LogP contribution in [0.1, 0.15) is 19.4 Å². The second-order valence-electron chi connectivity index (χ2n) is 5.91. The standard InChI is InChI=1S/C16H19N3O4/c1-16(2)14(21)19(15(22)18-16)9-12(20)10-23-13-5-3-11(4-6-13)7-8-17/h3-6,12,20H,7,9-10H2,1-2H3,(H,18,22)/t12-/m0/s1. The van der Waals surface area contributed by atoms with Gasteiger partial charge < -0.3 is 15.2 Å². The molecule has 0 saturated carbocycles. The Hall–Kier alpha value is -2.59. The van der Waals surface area contributed by atoms with Crippen LogP contribution >= 0.6 is 0 Å². The Balaban J connectivity index is 1.86. The summed E-state index contributed by atoms with van der Waals surface area (Å²) >= 11 is 0. The summed E-state index contributed by atoms with van der Waals surface area (Å²) < 4.78 is 5.43. The Morgan fingerprint density at radius 1 is 1.35 bits per heavy atom. The van der Waals surface area contributed by atoms with Gasteiger partial charge in [0, 0.05) is 0 Å². The number of ether oxygens (including phenoxy) is 1. The third-order valence-corrected chi connectivity index (χ3v) is 3.49. The van der Waals surface area contributed by atoms with Crippen LogP contribution in [0.3, 0.4) is 0 Å². The number of nitrogens with zero attached hydrogens (tertiary/aromatic N) is 2. The van der Waals surface area contributed by atoms with Crippen LogP contribution in [0.2, 0.25) is 0 Å². The third kappa shape index (κ3) is 3.99. The van der Waals surface area contributed by atoms with Crippen LogP contribution < -0.4 is 10.1 Å². The number of carbonyl (C=O) groups excluding carboxylic acids is 2. The van der Waals surface area contributed by atoms with Gasteiger partial charge in [0.05, 0.1) is 19.0 Å². The molecule has 1 heterocycles. The highest BCUT2D eigenvalue weighted by Gasteiger charge is 2.44. The molecule has 0 unspecified atom stereocenters. The number of nitrogens with one attached hydrogen (secondary N) is 1. The zero-order valence-electron chi connectivity index (χ0n) is 13.1. The molecule has 1 aromatic carbocycles. The van der Waals surface area contributed by atoms with Crippen molar-refractivity contribution < 1.29 is 19.4 Å². The molecule has 1 aliphatic rings. The molecular formula is C16H19N3O4. The molecule has 0 bridgehead atoms. The number of hydrogen-bond acceptors (Lipinski definition) is 5. The topological polar surface area (TPSA) is 103 Å². The van der Waals surface area contributed by atoms with Gasteiger partial charge in [0.25, 0.3) is 5.91 Å². The lowest BCUT2D eigenvalue weighted by Gasteiger charge is -2.19. The highest BCUT2D eigenvalue weighted by Crippen LogP contribution is 2.17. The van der Waals surface area contributed by atoms with Crippen molar-refractivity contribution in [2.75, 3.05) is 13.2 Å². The number of nitriles is 1. The molecule has 1 atom stereocenters. The average molecular weight is 317 g/mol. The Labute approximate surface area is 134 Å². The second-order valence-corrected chi connectivity index (χ2v) is 5.91. The molecule has 7 heteroatoms. The summed E-state index contributed by atoms with van der Waals surface area (Å²) in [5, 5.41) is 21.1. The van der Waals surface area contributed by atoms with Crippen molar-refractivity contribution in [3.63, 3.8) is 0 Å². The first-order valence-electron chi connectivity index (χ1n) is 7.24. The largest absolute Gasteiger partial charge is 0.491 e. The fourth-order valence-corrected chi connectivity index (χ4v) is 2.23. The van der Waals surface area contributed by atoms with Crippen LogP contribution in [0.25, 0.3) is 0 Å². The summed E-state index contributed by atoms with van der Waals surface area (Å²) in [6.07, 6.45) is -0.664. The predicted molar refractivity (Wildman–Crippen MR) is 81.6 cm³/mol. The predicted octanol–water partition coefficient (Wildman–Crippen LogP) is 0.823. The van der Waals surface area contributed by atoms with E-state index in [4.69, 9.17) is 10.00 Å². The Morgan fingerprint density at radius 2 is 2.00 bits per heavy atom. The van der Waals surface area contributed by atoms with Gasteiger partial charge in [0.15, 0.2) is 0 Å². The van der Waals surface area contributed by atoms with E-state index in [2.05, 4.69) is 11.4 Å². The Morgan fingerprint density at radius 3 is 2.52 bits per heavy atom. The molecule has 0 spiro atoms. The maximum absolute atomic E-state index is 12.0. The molecule has 1 saturated heterocycles. The minimum atomic E-state index is -0.989. The lowest BCUT2D eigenvalue weighted by atomic mass is 10.1. The number of aliphatic hydroxyl groups is 1. The van der Waals surface area contributed by atoms with E-state index in [-0.39, 0.29) is 19.1 Å². The molecule has 2 rings (SSSR count). The molecule has 122 valence electrons. The van der Waals surface area contributed by atoms with Crippen LogP contribution in [-0.2, 0) is 11.2 Å². The third-order valence-electron chi connectivity index (χ3n) is 3.49. The van der Waals surface area contributed by atoms with Crippen molar-refractivity contribution in [2.24, 2.45) is 0 Å². The number of aliphatic hydroxyl groups excluding tert-OH is 1. The average Bonchev–Trinajstić information content (AvgIpc) is 2.69. The minimum absolute atomic E-state index is 0.0465. The first kappa shape index (κ1) is 16.8. The summed E-state index contributed by atoms with van der Waals surface area (Å²) in [6.45, 7) is 3.05. The van der Waals surface area contributed by atoms with Gasteiger partial charge in [-0.05, 0) is 31.5 Å². The normalized spacial score (nSPS) is 17.6.